The van der Waals surface area contributed by atoms with Crippen molar-refractivity contribution in [1.82, 2.24) is 9.66 Å². The molecular weight excluding hydrogens is 532 g/mol. The summed E-state index contributed by atoms with van der Waals surface area (Å²) in [6.07, 6.45) is 1.34. The summed E-state index contributed by atoms with van der Waals surface area (Å²) in [4.78, 5) is 29.5. The predicted octanol–water partition coefficient (Wildman–Crippen LogP) is 6.83. The van der Waals surface area contributed by atoms with E-state index in [0.717, 1.165) is 15.6 Å². The molecule has 2 heterocycles. The monoisotopic (exact) mass is 550 g/mol. The topological polar surface area (TPSA) is 113 Å². The van der Waals surface area contributed by atoms with Crippen LogP contribution in [0.25, 0.3) is 33.5 Å². The molecule has 0 atom stereocenters. The van der Waals surface area contributed by atoms with Gasteiger partial charge >= 0.3 is 5.69 Å². The number of ether oxygens (including phenoxy) is 1. The van der Waals surface area contributed by atoms with E-state index < -0.39 is 10.5 Å². The normalized spacial score (nSPS) is 11.4. The molecule has 0 amide bonds. The van der Waals surface area contributed by atoms with Crippen molar-refractivity contribution in [2.24, 2.45) is 5.10 Å². The Labute approximate surface area is 231 Å². The number of para-hydroxylation sites is 3. The third kappa shape index (κ3) is 4.81. The number of aromatic nitrogens is 2. The molecule has 196 valence electrons. The fraction of sp³-hybridized carbons (Fsp3) is 0.0333. The Morgan fingerprint density at radius 3 is 2.58 bits per heavy atom. The summed E-state index contributed by atoms with van der Waals surface area (Å²) in [5.41, 5.74) is 1.53. The molecule has 0 unspecified atom stereocenters. The first-order valence-electron chi connectivity index (χ1n) is 12.2. The van der Waals surface area contributed by atoms with E-state index in [9.17, 15) is 14.9 Å². The molecule has 6 rings (SSSR count). The van der Waals surface area contributed by atoms with Gasteiger partial charge in [0.25, 0.3) is 5.56 Å². The van der Waals surface area contributed by atoms with Crippen LogP contribution in [0.5, 0.6) is 5.75 Å². The largest absolute Gasteiger partial charge is 0.481 e. The second kappa shape index (κ2) is 10.5. The maximum atomic E-state index is 13.6. The van der Waals surface area contributed by atoms with Gasteiger partial charge < -0.3 is 9.15 Å². The van der Waals surface area contributed by atoms with Gasteiger partial charge in [-0.2, -0.15) is 9.78 Å². The quantitative estimate of drug-likeness (QED) is 0.122. The van der Waals surface area contributed by atoms with Gasteiger partial charge in [-0.25, -0.2) is 4.98 Å². The molecule has 9 nitrogen and oxygen atoms in total. The van der Waals surface area contributed by atoms with Gasteiger partial charge in [-0.3, -0.25) is 14.9 Å². The molecule has 6 aromatic rings. The molecule has 0 aliphatic rings. The number of hydrogen-bond donors (Lipinski definition) is 0. The average molecular weight is 551 g/mol. The van der Waals surface area contributed by atoms with Crippen molar-refractivity contribution in [2.75, 3.05) is 0 Å². The predicted molar refractivity (Wildman–Crippen MR) is 153 cm³/mol. The van der Waals surface area contributed by atoms with Crippen molar-refractivity contribution in [3.8, 4) is 17.3 Å². The van der Waals surface area contributed by atoms with Crippen LogP contribution in [0.15, 0.2) is 111 Å². The second-order valence-electron chi connectivity index (χ2n) is 8.83. The highest BCUT2D eigenvalue weighted by Gasteiger charge is 2.20. The smallest absolute Gasteiger partial charge is 0.311 e. The molecular formula is C30H19ClN4O5. The Morgan fingerprint density at radius 1 is 1.00 bits per heavy atom. The zero-order valence-corrected chi connectivity index (χ0v) is 21.5. The SMILES string of the molecule is O=c1c2ccccc2nc(-c2cc3ccccc3o2)n1N=Cc1cccc([N+](=O)[O-])c1OCc1ccc(Cl)cc1. The van der Waals surface area contributed by atoms with Crippen LogP contribution in [0.3, 0.4) is 0 Å². The molecule has 0 saturated heterocycles. The third-order valence-electron chi connectivity index (χ3n) is 6.23. The van der Waals surface area contributed by atoms with Crippen LogP contribution in [0.1, 0.15) is 11.1 Å². The van der Waals surface area contributed by atoms with Crippen molar-refractivity contribution < 1.29 is 14.1 Å². The molecule has 2 aromatic heterocycles. The number of nitro benzene ring substituents is 1. The van der Waals surface area contributed by atoms with E-state index in [2.05, 4.69) is 10.1 Å². The van der Waals surface area contributed by atoms with E-state index in [-0.39, 0.29) is 23.9 Å². The first-order valence-corrected chi connectivity index (χ1v) is 12.6. The lowest BCUT2D eigenvalue weighted by atomic mass is 10.2. The lowest BCUT2D eigenvalue weighted by Crippen LogP contribution is -2.20. The van der Waals surface area contributed by atoms with Crippen molar-refractivity contribution in [3.05, 3.63) is 134 Å². The zero-order valence-electron chi connectivity index (χ0n) is 20.7. The highest BCUT2D eigenvalue weighted by molar-refractivity contribution is 6.30. The highest BCUT2D eigenvalue weighted by Crippen LogP contribution is 2.31. The number of hydrogen-bond acceptors (Lipinski definition) is 7. The molecule has 0 aliphatic heterocycles. The first-order chi connectivity index (χ1) is 19.5. The number of halogens is 1. The van der Waals surface area contributed by atoms with Crippen LogP contribution >= 0.6 is 11.6 Å². The zero-order chi connectivity index (χ0) is 27.6. The van der Waals surface area contributed by atoms with E-state index in [1.807, 2.05) is 24.3 Å². The van der Waals surface area contributed by atoms with E-state index >= 15 is 0 Å². The summed E-state index contributed by atoms with van der Waals surface area (Å²) in [6.45, 7) is 0.0601. The maximum absolute atomic E-state index is 13.6. The standard InChI is InChI=1S/C30H19ClN4O5/c31-22-14-12-19(13-15-22)18-39-28-21(7-5-10-25(28)35(37)38)17-32-34-29(27-16-20-6-1-4-11-26(20)40-27)33-24-9-3-2-8-23(24)30(34)36/h1-17H,18H2. The Hall–Kier alpha value is -5.28. The van der Waals surface area contributed by atoms with Gasteiger partial charge in [-0.1, -0.05) is 60.1 Å². The summed E-state index contributed by atoms with van der Waals surface area (Å²) >= 11 is 5.96. The lowest BCUT2D eigenvalue weighted by Gasteiger charge is -2.10. The van der Waals surface area contributed by atoms with Crippen molar-refractivity contribution >= 4 is 45.4 Å². The van der Waals surface area contributed by atoms with Crippen molar-refractivity contribution in [3.63, 3.8) is 0 Å². The minimum Gasteiger partial charge on any atom is -0.481 e. The van der Waals surface area contributed by atoms with Gasteiger partial charge in [0.15, 0.2) is 5.76 Å². The number of nitrogens with zero attached hydrogens (tertiary/aromatic N) is 4. The fourth-order valence-electron chi connectivity index (χ4n) is 4.28. The van der Waals surface area contributed by atoms with E-state index in [1.165, 1.54) is 18.3 Å². The number of rotatable bonds is 7. The van der Waals surface area contributed by atoms with E-state index in [4.69, 9.17) is 20.8 Å². The fourth-order valence-corrected chi connectivity index (χ4v) is 4.41. The van der Waals surface area contributed by atoms with E-state index in [0.29, 0.717) is 32.8 Å². The number of furan rings is 1. The Balaban J connectivity index is 1.47. The molecule has 0 bridgehead atoms. The number of benzene rings is 4. The van der Waals surface area contributed by atoms with Gasteiger partial charge in [0.05, 0.1) is 22.0 Å². The molecule has 0 spiro atoms. The summed E-state index contributed by atoms with van der Waals surface area (Å²) in [5, 5.41) is 18.0. The van der Waals surface area contributed by atoms with Gasteiger partial charge in [0, 0.05) is 22.0 Å². The molecule has 0 N–H and O–H groups in total. The van der Waals surface area contributed by atoms with Crippen LogP contribution in [-0.2, 0) is 6.61 Å². The van der Waals surface area contributed by atoms with Crippen LogP contribution < -0.4 is 10.3 Å². The summed E-state index contributed by atoms with van der Waals surface area (Å²) < 4.78 is 13.0. The Morgan fingerprint density at radius 2 is 1.77 bits per heavy atom. The van der Waals surface area contributed by atoms with Gasteiger partial charge in [-0.15, -0.1) is 0 Å². The minimum atomic E-state index is -0.530. The summed E-state index contributed by atoms with van der Waals surface area (Å²) in [7, 11) is 0. The number of nitro groups is 1. The van der Waals surface area contributed by atoms with Crippen LogP contribution in [0.4, 0.5) is 5.69 Å². The molecule has 4 aromatic carbocycles. The average Bonchev–Trinajstić information content (AvgIpc) is 3.41. The Kier molecular flexibility index (Phi) is 6.55. The van der Waals surface area contributed by atoms with Gasteiger partial charge in [0.2, 0.25) is 11.6 Å². The van der Waals surface area contributed by atoms with Crippen LogP contribution in [0, 0.1) is 10.1 Å². The van der Waals surface area contributed by atoms with Gasteiger partial charge in [0.1, 0.15) is 12.2 Å². The molecule has 10 heteroatoms. The van der Waals surface area contributed by atoms with Crippen LogP contribution in [0.2, 0.25) is 5.02 Å². The molecule has 0 radical (unpaired) electrons. The molecule has 40 heavy (non-hydrogen) atoms. The van der Waals surface area contributed by atoms with Crippen molar-refractivity contribution in [1.29, 1.82) is 0 Å². The Bertz CT molecular complexity index is 1950. The second-order valence-corrected chi connectivity index (χ2v) is 9.27. The molecule has 0 saturated carbocycles. The van der Waals surface area contributed by atoms with E-state index in [1.54, 1.807) is 60.7 Å². The number of fused-ring (bicyclic) bond motifs is 2. The minimum absolute atomic E-state index is 0.0123. The molecule has 0 fully saturated rings. The lowest BCUT2D eigenvalue weighted by molar-refractivity contribution is -0.385. The van der Waals surface area contributed by atoms with Gasteiger partial charge in [-0.05, 0) is 48.0 Å². The maximum Gasteiger partial charge on any atom is 0.311 e. The highest BCUT2D eigenvalue weighted by atomic mass is 35.5. The van der Waals surface area contributed by atoms with Crippen LogP contribution in [-0.4, -0.2) is 20.8 Å². The first kappa shape index (κ1) is 25.0. The summed E-state index contributed by atoms with van der Waals surface area (Å²) in [6, 6.07) is 27.6. The van der Waals surface area contributed by atoms with Crippen molar-refractivity contribution in [2.45, 2.75) is 6.61 Å². The molecule has 0 aliphatic carbocycles. The summed E-state index contributed by atoms with van der Waals surface area (Å²) in [5.74, 6) is 0.544. The third-order valence-corrected chi connectivity index (χ3v) is 6.48.